The Kier molecular flexibility index (Phi) is 6.73. The minimum atomic E-state index is -0.900. The van der Waals surface area contributed by atoms with Gasteiger partial charge in [0, 0.05) is 5.56 Å². The molecule has 0 aliphatic rings. The fourth-order valence-corrected chi connectivity index (χ4v) is 3.81. The Labute approximate surface area is 201 Å². The molecule has 0 amide bonds. The van der Waals surface area contributed by atoms with Crippen molar-refractivity contribution < 1.29 is 29.0 Å². The maximum atomic E-state index is 12.8. The molecular weight excluding hydrogens is 448 g/mol. The van der Waals surface area contributed by atoms with Crippen molar-refractivity contribution in [2.75, 3.05) is 14.2 Å². The van der Waals surface area contributed by atoms with Crippen molar-refractivity contribution in [2.24, 2.45) is 0 Å². The van der Waals surface area contributed by atoms with E-state index in [2.05, 4.69) is 5.10 Å². The minimum Gasteiger partial charge on any atom is -0.481 e. The summed E-state index contributed by atoms with van der Waals surface area (Å²) in [5.41, 5.74) is 3.81. The molecule has 0 atom stereocenters. The van der Waals surface area contributed by atoms with Crippen LogP contribution in [0.5, 0.6) is 0 Å². The summed E-state index contributed by atoms with van der Waals surface area (Å²) < 4.78 is 11.3. The number of carbonyl (C=O) groups excluding carboxylic acids is 2. The van der Waals surface area contributed by atoms with Gasteiger partial charge in [0.1, 0.15) is 11.3 Å². The summed E-state index contributed by atoms with van der Waals surface area (Å²) in [5, 5.41) is 13.7. The monoisotopic (exact) mass is 470 g/mol. The summed E-state index contributed by atoms with van der Waals surface area (Å²) in [4.78, 5) is 36.5. The SMILES string of the molecule is COC(=O)c1c(-c2ccc(-c3cccc(CC(=O)O)c3)cc2)nn(-c2ccccc2)c1C(=O)OC. The normalized spacial score (nSPS) is 10.6. The highest BCUT2D eigenvalue weighted by molar-refractivity contribution is 6.06. The summed E-state index contributed by atoms with van der Waals surface area (Å²) in [6, 6.07) is 23.5. The maximum absolute atomic E-state index is 12.8. The topological polar surface area (TPSA) is 108 Å². The van der Waals surface area contributed by atoms with Crippen LogP contribution >= 0.6 is 0 Å². The van der Waals surface area contributed by atoms with E-state index in [1.807, 2.05) is 30.3 Å². The predicted octanol–water partition coefficient (Wildman–Crippen LogP) is 4.41. The quantitative estimate of drug-likeness (QED) is 0.399. The number of aromatic nitrogens is 2. The van der Waals surface area contributed by atoms with Crippen molar-refractivity contribution >= 4 is 17.9 Å². The second-order valence-corrected chi connectivity index (χ2v) is 7.65. The third-order valence-electron chi connectivity index (χ3n) is 5.43. The van der Waals surface area contributed by atoms with Crippen LogP contribution in [0.15, 0.2) is 78.9 Å². The van der Waals surface area contributed by atoms with Crippen molar-refractivity contribution in [3.05, 3.63) is 95.7 Å². The third-order valence-corrected chi connectivity index (χ3v) is 5.43. The smallest absolute Gasteiger partial charge is 0.357 e. The number of carbonyl (C=O) groups is 3. The van der Waals surface area contributed by atoms with Gasteiger partial charge in [0.25, 0.3) is 0 Å². The van der Waals surface area contributed by atoms with Crippen LogP contribution in [0, 0.1) is 0 Å². The average molecular weight is 470 g/mol. The van der Waals surface area contributed by atoms with Crippen LogP contribution in [-0.4, -0.2) is 47.0 Å². The average Bonchev–Trinajstić information content (AvgIpc) is 3.29. The Balaban J connectivity index is 1.82. The molecule has 8 nitrogen and oxygen atoms in total. The van der Waals surface area contributed by atoms with Crippen LogP contribution in [-0.2, 0) is 20.7 Å². The van der Waals surface area contributed by atoms with E-state index in [4.69, 9.17) is 14.6 Å². The van der Waals surface area contributed by atoms with Crippen LogP contribution in [0.25, 0.3) is 28.1 Å². The number of benzene rings is 3. The summed E-state index contributed by atoms with van der Waals surface area (Å²) in [5.74, 6) is -2.34. The first-order valence-corrected chi connectivity index (χ1v) is 10.7. The largest absolute Gasteiger partial charge is 0.481 e. The van der Waals surface area contributed by atoms with Gasteiger partial charge in [0.2, 0.25) is 0 Å². The number of ether oxygens (including phenoxy) is 2. The van der Waals surface area contributed by atoms with E-state index in [1.54, 1.807) is 48.5 Å². The number of carboxylic acids is 1. The lowest BCUT2D eigenvalue weighted by Gasteiger charge is -2.07. The first-order chi connectivity index (χ1) is 16.9. The van der Waals surface area contributed by atoms with Gasteiger partial charge in [0.15, 0.2) is 5.69 Å². The summed E-state index contributed by atoms with van der Waals surface area (Å²) in [7, 11) is 2.47. The number of hydrogen-bond donors (Lipinski definition) is 1. The van der Waals surface area contributed by atoms with Gasteiger partial charge in [-0.25, -0.2) is 14.3 Å². The molecular formula is C27H22N2O6. The van der Waals surface area contributed by atoms with Crippen LogP contribution in [0.2, 0.25) is 0 Å². The second-order valence-electron chi connectivity index (χ2n) is 7.65. The van der Waals surface area contributed by atoms with Crippen molar-refractivity contribution in [3.63, 3.8) is 0 Å². The number of hydrogen-bond acceptors (Lipinski definition) is 6. The van der Waals surface area contributed by atoms with Crippen molar-refractivity contribution in [1.82, 2.24) is 9.78 Å². The van der Waals surface area contributed by atoms with Crippen LogP contribution in [0.4, 0.5) is 0 Å². The summed E-state index contributed by atoms with van der Waals surface area (Å²) in [6.07, 6.45) is -0.0678. The van der Waals surface area contributed by atoms with Gasteiger partial charge in [-0.05, 0) is 28.8 Å². The molecule has 0 aliphatic heterocycles. The molecule has 4 aromatic rings. The zero-order valence-corrected chi connectivity index (χ0v) is 19.1. The highest BCUT2D eigenvalue weighted by Gasteiger charge is 2.31. The van der Waals surface area contributed by atoms with Gasteiger partial charge in [-0.15, -0.1) is 0 Å². The van der Waals surface area contributed by atoms with E-state index >= 15 is 0 Å². The van der Waals surface area contributed by atoms with Crippen molar-refractivity contribution in [2.45, 2.75) is 6.42 Å². The summed E-state index contributed by atoms with van der Waals surface area (Å²) in [6.45, 7) is 0. The van der Waals surface area contributed by atoms with Crippen LogP contribution in [0.3, 0.4) is 0 Å². The predicted molar refractivity (Wildman–Crippen MR) is 128 cm³/mol. The van der Waals surface area contributed by atoms with Gasteiger partial charge in [-0.3, -0.25) is 4.79 Å². The molecule has 1 N–H and O–H groups in total. The van der Waals surface area contributed by atoms with Crippen LogP contribution < -0.4 is 0 Å². The number of para-hydroxylation sites is 1. The standard InChI is InChI=1S/C27H22N2O6/c1-34-26(32)23-24(28-29(25(23)27(33)35-2)21-9-4-3-5-10-21)19-13-11-18(12-14-19)20-8-6-7-17(15-20)16-22(30)31/h3-15H,16H2,1-2H3,(H,30,31). The number of methoxy groups -OCH3 is 2. The number of aliphatic carboxylic acids is 1. The zero-order valence-electron chi connectivity index (χ0n) is 19.1. The van der Waals surface area contributed by atoms with Gasteiger partial charge in [-0.2, -0.15) is 5.10 Å². The van der Waals surface area contributed by atoms with Crippen molar-refractivity contribution in [1.29, 1.82) is 0 Å². The lowest BCUT2D eigenvalue weighted by molar-refractivity contribution is -0.136. The third kappa shape index (κ3) is 4.81. The van der Waals surface area contributed by atoms with Gasteiger partial charge in [0.05, 0.1) is 26.3 Å². The molecule has 0 saturated carbocycles. The molecule has 0 aliphatic carbocycles. The highest BCUT2D eigenvalue weighted by Crippen LogP contribution is 2.31. The van der Waals surface area contributed by atoms with E-state index in [-0.39, 0.29) is 23.4 Å². The van der Waals surface area contributed by atoms with Crippen LogP contribution in [0.1, 0.15) is 26.4 Å². The molecule has 0 unspecified atom stereocenters. The van der Waals surface area contributed by atoms with E-state index in [9.17, 15) is 14.4 Å². The molecule has 8 heteroatoms. The Hall–Kier alpha value is -4.72. The Morgan fingerprint density at radius 1 is 0.800 bits per heavy atom. The van der Waals surface area contributed by atoms with Crippen molar-refractivity contribution in [3.8, 4) is 28.1 Å². The first-order valence-electron chi connectivity index (χ1n) is 10.7. The highest BCUT2D eigenvalue weighted by atomic mass is 16.5. The molecule has 35 heavy (non-hydrogen) atoms. The molecule has 1 aromatic heterocycles. The number of carboxylic acid groups (broad SMARTS) is 1. The molecule has 3 aromatic carbocycles. The number of esters is 2. The molecule has 0 fully saturated rings. The molecule has 0 spiro atoms. The van der Waals surface area contributed by atoms with E-state index in [0.717, 1.165) is 11.1 Å². The van der Waals surface area contributed by atoms with E-state index in [0.29, 0.717) is 16.8 Å². The lowest BCUT2D eigenvalue weighted by atomic mass is 9.99. The van der Waals surface area contributed by atoms with E-state index < -0.39 is 17.9 Å². The molecule has 176 valence electrons. The number of nitrogens with zero attached hydrogens (tertiary/aromatic N) is 2. The second kappa shape index (κ2) is 10.0. The van der Waals surface area contributed by atoms with Gasteiger partial charge >= 0.3 is 17.9 Å². The van der Waals surface area contributed by atoms with E-state index in [1.165, 1.54) is 18.9 Å². The van der Waals surface area contributed by atoms with Gasteiger partial charge in [-0.1, -0.05) is 66.7 Å². The zero-order chi connectivity index (χ0) is 24.9. The fourth-order valence-electron chi connectivity index (χ4n) is 3.81. The molecule has 0 bridgehead atoms. The maximum Gasteiger partial charge on any atom is 0.357 e. The van der Waals surface area contributed by atoms with Gasteiger partial charge < -0.3 is 14.6 Å². The molecule has 1 heterocycles. The fraction of sp³-hybridized carbons (Fsp3) is 0.111. The summed E-state index contributed by atoms with van der Waals surface area (Å²) >= 11 is 0. The molecule has 0 radical (unpaired) electrons. The molecule has 4 rings (SSSR count). The first kappa shape index (κ1) is 23.4. The molecule has 0 saturated heterocycles. The Morgan fingerprint density at radius 3 is 2.09 bits per heavy atom. The Bertz CT molecular complexity index is 1390. The number of rotatable bonds is 7. The Morgan fingerprint density at radius 2 is 1.46 bits per heavy atom. The lowest BCUT2D eigenvalue weighted by Crippen LogP contribution is -2.15. The minimum absolute atomic E-state index is 0.000548.